The molecular weight excluding hydrogens is 454 g/mol. The van der Waals surface area contributed by atoms with E-state index in [2.05, 4.69) is 15.3 Å². The average Bonchev–Trinajstić information content (AvgIpc) is 3.23. The number of amides is 1. The highest BCUT2D eigenvalue weighted by atomic mass is 35.5. The summed E-state index contributed by atoms with van der Waals surface area (Å²) in [6, 6.07) is 18.0. The Bertz CT molecular complexity index is 1320. The molecule has 0 saturated heterocycles. The third kappa shape index (κ3) is 5.16. The van der Waals surface area contributed by atoms with Crippen LogP contribution >= 0.6 is 22.9 Å². The van der Waals surface area contributed by atoms with Crippen molar-refractivity contribution in [2.75, 3.05) is 5.32 Å². The number of nitrogens with one attached hydrogen (secondary N) is 1. The number of benzene rings is 2. The van der Waals surface area contributed by atoms with Gasteiger partial charge in [-0.25, -0.2) is 13.4 Å². The number of rotatable bonds is 6. The van der Waals surface area contributed by atoms with Crippen LogP contribution in [0.5, 0.6) is 0 Å². The standard InChI is InChI=1S/C22H16ClN3O3S2/c23-17-5-3-4-15(12-17)14-31(28,29)18-9-7-16(8-10-18)21(27)26-22-25-20(13-30-22)19-6-1-2-11-24-19/h1-13H,14H2,(H,25,26,27). The van der Waals surface area contributed by atoms with Crippen LogP contribution in [0.2, 0.25) is 5.02 Å². The van der Waals surface area contributed by atoms with Crippen molar-refractivity contribution in [3.05, 3.63) is 94.5 Å². The number of hydrogen-bond donors (Lipinski definition) is 1. The van der Waals surface area contributed by atoms with Crippen LogP contribution in [0.3, 0.4) is 0 Å². The molecule has 0 aliphatic rings. The van der Waals surface area contributed by atoms with Gasteiger partial charge in [0.1, 0.15) is 5.69 Å². The molecule has 0 spiro atoms. The number of halogens is 1. The van der Waals surface area contributed by atoms with E-state index in [1.54, 1.807) is 30.5 Å². The van der Waals surface area contributed by atoms with Crippen LogP contribution in [-0.4, -0.2) is 24.3 Å². The Morgan fingerprint density at radius 2 is 1.81 bits per heavy atom. The molecule has 0 bridgehead atoms. The number of nitrogens with zero attached hydrogens (tertiary/aromatic N) is 2. The van der Waals surface area contributed by atoms with Crippen LogP contribution in [0.15, 0.2) is 83.2 Å². The maximum Gasteiger partial charge on any atom is 0.257 e. The van der Waals surface area contributed by atoms with Gasteiger partial charge in [0.15, 0.2) is 15.0 Å². The molecule has 0 saturated carbocycles. The third-order valence-electron chi connectivity index (χ3n) is 4.37. The summed E-state index contributed by atoms with van der Waals surface area (Å²) in [7, 11) is -3.57. The van der Waals surface area contributed by atoms with Gasteiger partial charge in [0.2, 0.25) is 0 Å². The van der Waals surface area contributed by atoms with Gasteiger partial charge in [0.05, 0.1) is 16.3 Å². The molecule has 2 heterocycles. The Labute approximate surface area is 188 Å². The van der Waals surface area contributed by atoms with Gasteiger partial charge in [-0.3, -0.25) is 15.1 Å². The van der Waals surface area contributed by atoms with Crippen molar-refractivity contribution in [1.29, 1.82) is 0 Å². The van der Waals surface area contributed by atoms with Crippen LogP contribution in [0.25, 0.3) is 11.4 Å². The van der Waals surface area contributed by atoms with Crippen molar-refractivity contribution in [1.82, 2.24) is 9.97 Å². The van der Waals surface area contributed by atoms with Gasteiger partial charge < -0.3 is 0 Å². The highest BCUT2D eigenvalue weighted by molar-refractivity contribution is 7.90. The average molecular weight is 470 g/mol. The summed E-state index contributed by atoms with van der Waals surface area (Å²) < 4.78 is 25.3. The summed E-state index contributed by atoms with van der Waals surface area (Å²) in [4.78, 5) is 21.3. The Balaban J connectivity index is 1.45. The quantitative estimate of drug-likeness (QED) is 0.425. The van der Waals surface area contributed by atoms with Gasteiger partial charge in [-0.2, -0.15) is 0 Å². The highest BCUT2D eigenvalue weighted by Crippen LogP contribution is 2.24. The lowest BCUT2D eigenvalue weighted by atomic mass is 10.2. The van der Waals surface area contributed by atoms with E-state index in [4.69, 9.17) is 11.6 Å². The Hall–Kier alpha value is -3.07. The van der Waals surface area contributed by atoms with Gasteiger partial charge in [-0.1, -0.05) is 29.8 Å². The fourth-order valence-corrected chi connectivity index (χ4v) is 5.12. The number of sulfone groups is 1. The second-order valence-electron chi connectivity index (χ2n) is 6.62. The van der Waals surface area contributed by atoms with E-state index in [-0.39, 0.29) is 16.6 Å². The van der Waals surface area contributed by atoms with Crippen molar-refractivity contribution >= 4 is 43.8 Å². The molecule has 1 N–H and O–H groups in total. The van der Waals surface area contributed by atoms with Gasteiger partial charge in [-0.05, 0) is 54.1 Å². The molecule has 6 nitrogen and oxygen atoms in total. The topological polar surface area (TPSA) is 89.0 Å². The second-order valence-corrected chi connectivity index (χ2v) is 9.90. The summed E-state index contributed by atoms with van der Waals surface area (Å²) in [6.45, 7) is 0. The minimum Gasteiger partial charge on any atom is -0.298 e. The number of aromatic nitrogens is 2. The molecule has 4 rings (SSSR count). The van der Waals surface area contributed by atoms with Crippen LogP contribution in [0.4, 0.5) is 5.13 Å². The van der Waals surface area contributed by atoms with E-state index in [0.29, 0.717) is 32.7 Å². The number of carbonyl (C=O) groups excluding carboxylic acids is 1. The van der Waals surface area contributed by atoms with E-state index in [0.717, 1.165) is 0 Å². The van der Waals surface area contributed by atoms with E-state index in [1.165, 1.54) is 35.6 Å². The first-order chi connectivity index (χ1) is 14.9. The van der Waals surface area contributed by atoms with E-state index >= 15 is 0 Å². The molecule has 2 aromatic heterocycles. The van der Waals surface area contributed by atoms with E-state index < -0.39 is 9.84 Å². The van der Waals surface area contributed by atoms with E-state index in [9.17, 15) is 13.2 Å². The molecule has 31 heavy (non-hydrogen) atoms. The number of pyridine rings is 1. The van der Waals surface area contributed by atoms with Crippen molar-refractivity contribution < 1.29 is 13.2 Å². The summed E-state index contributed by atoms with van der Waals surface area (Å²) in [5.41, 5.74) is 2.31. The predicted octanol–water partition coefficient (Wildman–Crippen LogP) is 5.08. The fourth-order valence-electron chi connectivity index (χ4n) is 2.88. The monoisotopic (exact) mass is 469 g/mol. The molecule has 0 unspecified atom stereocenters. The molecule has 2 aromatic carbocycles. The first kappa shape index (κ1) is 21.2. The molecule has 4 aromatic rings. The molecule has 1 amide bonds. The molecule has 0 radical (unpaired) electrons. The van der Waals surface area contributed by atoms with Crippen molar-refractivity contribution in [3.63, 3.8) is 0 Å². The number of thiazole rings is 1. The highest BCUT2D eigenvalue weighted by Gasteiger charge is 2.17. The molecule has 156 valence electrons. The summed E-state index contributed by atoms with van der Waals surface area (Å²) in [5, 5.41) is 5.45. The van der Waals surface area contributed by atoms with Crippen LogP contribution in [0, 0.1) is 0 Å². The largest absolute Gasteiger partial charge is 0.298 e. The lowest BCUT2D eigenvalue weighted by Crippen LogP contribution is -2.12. The van der Waals surface area contributed by atoms with Crippen molar-refractivity contribution in [2.24, 2.45) is 0 Å². The summed E-state index contributed by atoms with van der Waals surface area (Å²) in [6.07, 6.45) is 1.68. The molecule has 0 aliphatic carbocycles. The SMILES string of the molecule is O=C(Nc1nc(-c2ccccn2)cs1)c1ccc(S(=O)(=O)Cc2cccc(Cl)c2)cc1. The molecule has 0 fully saturated rings. The van der Waals surface area contributed by atoms with Crippen molar-refractivity contribution in [3.8, 4) is 11.4 Å². The lowest BCUT2D eigenvalue weighted by Gasteiger charge is -2.07. The first-order valence-corrected chi connectivity index (χ1v) is 12.1. The first-order valence-electron chi connectivity index (χ1n) is 9.16. The fraction of sp³-hybridized carbons (Fsp3) is 0.0455. The zero-order valence-electron chi connectivity index (χ0n) is 16.0. The molecule has 0 aliphatic heterocycles. The molecule has 0 atom stereocenters. The molecule has 9 heteroatoms. The maximum atomic E-state index is 12.7. The van der Waals surface area contributed by atoms with Crippen LogP contribution in [0.1, 0.15) is 15.9 Å². The Morgan fingerprint density at radius 3 is 2.52 bits per heavy atom. The summed E-state index contributed by atoms with van der Waals surface area (Å²) >= 11 is 7.22. The van der Waals surface area contributed by atoms with Gasteiger partial charge in [0, 0.05) is 22.2 Å². The van der Waals surface area contributed by atoms with Crippen molar-refractivity contribution in [2.45, 2.75) is 10.6 Å². The Kier molecular flexibility index (Phi) is 6.13. The maximum absolute atomic E-state index is 12.7. The van der Waals surface area contributed by atoms with Gasteiger partial charge >= 0.3 is 0 Å². The normalized spacial score (nSPS) is 11.3. The van der Waals surface area contributed by atoms with Crippen LogP contribution in [-0.2, 0) is 15.6 Å². The number of carbonyl (C=O) groups is 1. The minimum atomic E-state index is -3.57. The zero-order chi connectivity index (χ0) is 21.8. The predicted molar refractivity (Wildman–Crippen MR) is 122 cm³/mol. The smallest absolute Gasteiger partial charge is 0.257 e. The summed E-state index contributed by atoms with van der Waals surface area (Å²) in [5.74, 6) is -0.546. The third-order valence-corrected chi connectivity index (χ3v) is 7.07. The Morgan fingerprint density at radius 1 is 1.00 bits per heavy atom. The van der Waals surface area contributed by atoms with E-state index in [1.807, 2.05) is 23.6 Å². The minimum absolute atomic E-state index is 0.135. The molecular formula is C22H16ClN3O3S2. The number of anilines is 1. The van der Waals surface area contributed by atoms with Crippen LogP contribution < -0.4 is 5.32 Å². The second kappa shape index (κ2) is 8.97. The number of hydrogen-bond acceptors (Lipinski definition) is 6. The van der Waals surface area contributed by atoms with Gasteiger partial charge in [-0.15, -0.1) is 11.3 Å². The lowest BCUT2D eigenvalue weighted by molar-refractivity contribution is 0.102. The zero-order valence-corrected chi connectivity index (χ0v) is 18.4. The van der Waals surface area contributed by atoms with Gasteiger partial charge in [0.25, 0.3) is 5.91 Å².